The summed E-state index contributed by atoms with van der Waals surface area (Å²) in [5, 5.41) is 9.53. The van der Waals surface area contributed by atoms with E-state index < -0.39 is 5.97 Å². The molecular weight excluding hydrogens is 292 g/mol. The van der Waals surface area contributed by atoms with Gasteiger partial charge in [0, 0.05) is 24.7 Å². The van der Waals surface area contributed by atoms with Gasteiger partial charge in [-0.05, 0) is 19.8 Å². The molecule has 2 aromatic rings. The summed E-state index contributed by atoms with van der Waals surface area (Å²) in [7, 11) is 0. The Labute approximate surface area is 126 Å². The van der Waals surface area contributed by atoms with Crippen LogP contribution in [-0.4, -0.2) is 32.3 Å². The summed E-state index contributed by atoms with van der Waals surface area (Å²) >= 11 is 1.28. The Morgan fingerprint density at radius 3 is 3.19 bits per heavy atom. The van der Waals surface area contributed by atoms with E-state index in [0.29, 0.717) is 11.8 Å². The zero-order valence-corrected chi connectivity index (χ0v) is 12.6. The fraction of sp³-hybridized carbons (Fsp3) is 0.538. The van der Waals surface area contributed by atoms with E-state index in [1.54, 1.807) is 6.92 Å². The summed E-state index contributed by atoms with van der Waals surface area (Å²) < 4.78 is 12.3. The molecule has 0 amide bonds. The molecule has 0 saturated heterocycles. The highest BCUT2D eigenvalue weighted by atomic mass is 32.2. The van der Waals surface area contributed by atoms with Crippen molar-refractivity contribution in [3.63, 3.8) is 0 Å². The second kappa shape index (κ2) is 6.30. The molecule has 0 atom stereocenters. The molecule has 0 N–H and O–H groups in total. The minimum absolute atomic E-state index is 0.176. The lowest BCUT2D eigenvalue weighted by molar-refractivity contribution is 0.0519. The number of fused-ring (bicyclic) bond motifs is 1. The highest BCUT2D eigenvalue weighted by Crippen LogP contribution is 2.28. The fourth-order valence-electron chi connectivity index (χ4n) is 2.21. The summed E-state index contributed by atoms with van der Waals surface area (Å²) in [6.07, 6.45) is 5.74. The standard InChI is InChI=1S/C13H16N4O3S/c1-2-19-11(18)9-8-20-13(14-9)21-12-16-15-10-6-4-3-5-7-17(10)12/h8H,2-7H2,1H3. The topological polar surface area (TPSA) is 83.0 Å². The van der Waals surface area contributed by atoms with Crippen molar-refractivity contribution < 1.29 is 13.9 Å². The zero-order chi connectivity index (χ0) is 14.7. The lowest BCUT2D eigenvalue weighted by Crippen LogP contribution is -2.04. The third-order valence-electron chi connectivity index (χ3n) is 3.22. The predicted octanol–water partition coefficient (Wildman–Crippen LogP) is 2.32. The lowest BCUT2D eigenvalue weighted by atomic mass is 10.2. The molecule has 112 valence electrons. The summed E-state index contributed by atoms with van der Waals surface area (Å²) in [5.41, 5.74) is 0.176. The quantitative estimate of drug-likeness (QED) is 0.801. The molecule has 7 nitrogen and oxygen atoms in total. The Morgan fingerprint density at radius 2 is 2.33 bits per heavy atom. The van der Waals surface area contributed by atoms with Crippen LogP contribution in [0, 0.1) is 0 Å². The largest absolute Gasteiger partial charge is 0.461 e. The third-order valence-corrected chi connectivity index (χ3v) is 4.07. The van der Waals surface area contributed by atoms with Crippen molar-refractivity contribution in [2.45, 2.75) is 49.5 Å². The summed E-state index contributed by atoms with van der Waals surface area (Å²) in [6.45, 7) is 2.97. The smallest absolute Gasteiger partial charge is 0.360 e. The molecule has 0 bridgehead atoms. The molecule has 3 heterocycles. The molecule has 0 saturated carbocycles. The van der Waals surface area contributed by atoms with Crippen LogP contribution in [0.2, 0.25) is 0 Å². The Morgan fingerprint density at radius 1 is 1.43 bits per heavy atom. The van der Waals surface area contributed by atoms with Crippen molar-refractivity contribution in [3.05, 3.63) is 17.8 Å². The molecule has 0 aliphatic carbocycles. The van der Waals surface area contributed by atoms with Gasteiger partial charge in [0.1, 0.15) is 12.1 Å². The Bertz CT molecular complexity index is 637. The molecule has 0 unspecified atom stereocenters. The van der Waals surface area contributed by atoms with Crippen molar-refractivity contribution in [1.29, 1.82) is 0 Å². The molecule has 1 aliphatic rings. The predicted molar refractivity (Wildman–Crippen MR) is 74.2 cm³/mol. The van der Waals surface area contributed by atoms with Gasteiger partial charge in [0.2, 0.25) is 5.16 Å². The molecule has 2 aromatic heterocycles. The number of ether oxygens (including phenoxy) is 1. The van der Waals surface area contributed by atoms with Gasteiger partial charge in [0.25, 0.3) is 5.22 Å². The summed E-state index contributed by atoms with van der Waals surface area (Å²) in [6, 6.07) is 0. The second-order valence-corrected chi connectivity index (χ2v) is 5.60. The van der Waals surface area contributed by atoms with Gasteiger partial charge in [-0.1, -0.05) is 6.42 Å². The van der Waals surface area contributed by atoms with Crippen LogP contribution < -0.4 is 0 Å². The molecule has 1 aliphatic heterocycles. The average molecular weight is 308 g/mol. The van der Waals surface area contributed by atoms with Gasteiger partial charge in [0.15, 0.2) is 5.69 Å². The van der Waals surface area contributed by atoms with Crippen LogP contribution in [0.25, 0.3) is 0 Å². The number of aromatic nitrogens is 4. The molecule has 0 radical (unpaired) electrons. The van der Waals surface area contributed by atoms with E-state index in [1.165, 1.54) is 24.4 Å². The van der Waals surface area contributed by atoms with Gasteiger partial charge in [-0.15, -0.1) is 10.2 Å². The van der Waals surface area contributed by atoms with Gasteiger partial charge in [-0.2, -0.15) is 4.98 Å². The van der Waals surface area contributed by atoms with Crippen LogP contribution in [0.1, 0.15) is 42.5 Å². The highest BCUT2D eigenvalue weighted by Gasteiger charge is 2.19. The Balaban J connectivity index is 1.75. The van der Waals surface area contributed by atoms with E-state index in [2.05, 4.69) is 19.7 Å². The van der Waals surface area contributed by atoms with Crippen molar-refractivity contribution >= 4 is 17.7 Å². The van der Waals surface area contributed by atoms with Gasteiger partial charge in [-0.3, -0.25) is 0 Å². The van der Waals surface area contributed by atoms with E-state index in [4.69, 9.17) is 9.15 Å². The zero-order valence-electron chi connectivity index (χ0n) is 11.7. The number of carbonyl (C=O) groups is 1. The van der Waals surface area contributed by atoms with Crippen molar-refractivity contribution in [2.75, 3.05) is 6.61 Å². The minimum atomic E-state index is -0.479. The highest BCUT2D eigenvalue weighted by molar-refractivity contribution is 7.99. The first-order chi connectivity index (χ1) is 10.3. The molecule has 3 rings (SSSR count). The maximum atomic E-state index is 11.6. The maximum Gasteiger partial charge on any atom is 0.360 e. The van der Waals surface area contributed by atoms with Crippen LogP contribution in [0.15, 0.2) is 21.1 Å². The number of hydrogen-bond acceptors (Lipinski definition) is 7. The number of esters is 1. The number of oxazole rings is 1. The molecule has 21 heavy (non-hydrogen) atoms. The van der Waals surface area contributed by atoms with E-state index in [1.807, 2.05) is 0 Å². The normalized spacial score (nSPS) is 14.5. The molecule has 0 spiro atoms. The van der Waals surface area contributed by atoms with Crippen molar-refractivity contribution in [1.82, 2.24) is 19.7 Å². The first kappa shape index (κ1) is 14.1. The minimum Gasteiger partial charge on any atom is -0.461 e. The molecule has 0 aromatic carbocycles. The average Bonchev–Trinajstić information content (AvgIpc) is 3.01. The van der Waals surface area contributed by atoms with E-state index >= 15 is 0 Å². The van der Waals surface area contributed by atoms with Crippen LogP contribution in [0.4, 0.5) is 0 Å². The van der Waals surface area contributed by atoms with Crippen LogP contribution in [0.3, 0.4) is 0 Å². The Hall–Kier alpha value is -1.83. The fourth-order valence-corrected chi connectivity index (χ4v) is 3.00. The first-order valence-electron chi connectivity index (χ1n) is 7.00. The van der Waals surface area contributed by atoms with Crippen molar-refractivity contribution in [3.8, 4) is 0 Å². The second-order valence-electron chi connectivity index (χ2n) is 4.68. The van der Waals surface area contributed by atoms with Gasteiger partial charge in [-0.25, -0.2) is 4.79 Å². The van der Waals surface area contributed by atoms with E-state index in [0.717, 1.165) is 36.8 Å². The molecule has 0 fully saturated rings. The van der Waals surface area contributed by atoms with Gasteiger partial charge >= 0.3 is 5.97 Å². The van der Waals surface area contributed by atoms with Gasteiger partial charge < -0.3 is 13.7 Å². The van der Waals surface area contributed by atoms with Gasteiger partial charge in [0.05, 0.1) is 6.61 Å². The summed E-state index contributed by atoms with van der Waals surface area (Å²) in [5.74, 6) is 0.528. The van der Waals surface area contributed by atoms with Crippen LogP contribution in [0.5, 0.6) is 0 Å². The van der Waals surface area contributed by atoms with Crippen LogP contribution in [-0.2, 0) is 17.7 Å². The number of nitrogens with zero attached hydrogens (tertiary/aromatic N) is 4. The van der Waals surface area contributed by atoms with Crippen LogP contribution >= 0.6 is 11.8 Å². The maximum absolute atomic E-state index is 11.6. The Kier molecular flexibility index (Phi) is 4.23. The van der Waals surface area contributed by atoms with E-state index in [9.17, 15) is 4.79 Å². The SMILES string of the molecule is CCOC(=O)c1coc(Sc2nnc3n2CCCCC3)n1. The monoisotopic (exact) mass is 308 g/mol. The number of aryl methyl sites for hydroxylation is 1. The number of hydrogen-bond donors (Lipinski definition) is 0. The lowest BCUT2D eigenvalue weighted by Gasteiger charge is -2.03. The first-order valence-corrected chi connectivity index (χ1v) is 7.82. The number of rotatable bonds is 4. The van der Waals surface area contributed by atoms with E-state index in [-0.39, 0.29) is 5.69 Å². The molecule has 8 heteroatoms. The third kappa shape index (κ3) is 3.10. The summed E-state index contributed by atoms with van der Waals surface area (Å²) in [4.78, 5) is 15.7. The molecular formula is C13H16N4O3S. The number of carbonyl (C=O) groups excluding carboxylic acids is 1. The van der Waals surface area contributed by atoms with Crippen molar-refractivity contribution in [2.24, 2.45) is 0 Å².